The van der Waals surface area contributed by atoms with Crippen LogP contribution in [0.15, 0.2) is 41.9 Å². The van der Waals surface area contributed by atoms with Crippen LogP contribution in [0.1, 0.15) is 34.6 Å². The summed E-state index contributed by atoms with van der Waals surface area (Å²) in [7, 11) is 1.87. The van der Waals surface area contributed by atoms with Crippen molar-refractivity contribution in [2.24, 2.45) is 0 Å². The minimum atomic E-state index is 0.0195. The van der Waals surface area contributed by atoms with Gasteiger partial charge >= 0.3 is 0 Å². The third-order valence-electron chi connectivity index (χ3n) is 5.06. The fourth-order valence-electron chi connectivity index (χ4n) is 3.53. The molecule has 5 nitrogen and oxygen atoms in total. The highest BCUT2D eigenvalue weighted by atomic mass is 32.1. The molecule has 0 aliphatic carbocycles. The van der Waals surface area contributed by atoms with Crippen molar-refractivity contribution in [3.8, 4) is 0 Å². The van der Waals surface area contributed by atoms with Gasteiger partial charge in [-0.15, -0.1) is 11.3 Å². The Hall–Kier alpha value is -2.18. The van der Waals surface area contributed by atoms with Gasteiger partial charge in [0.1, 0.15) is 0 Å². The summed E-state index contributed by atoms with van der Waals surface area (Å²) in [5.74, 6) is 0.0195. The van der Waals surface area contributed by atoms with Crippen molar-refractivity contribution in [3.63, 3.8) is 0 Å². The van der Waals surface area contributed by atoms with Crippen LogP contribution < -0.4 is 0 Å². The SMILES string of the molecule is CN(CCc1ccccc1)C(=O)c1nc2sccn2c1CN1CCCC1. The molecule has 136 valence electrons. The number of likely N-dealkylation sites (tertiary alicyclic amines) is 1. The maximum atomic E-state index is 13.1. The van der Waals surface area contributed by atoms with Gasteiger partial charge in [-0.2, -0.15) is 0 Å². The molecule has 3 aromatic rings. The molecule has 4 rings (SSSR count). The van der Waals surface area contributed by atoms with E-state index in [1.807, 2.05) is 36.8 Å². The van der Waals surface area contributed by atoms with Crippen LogP contribution in [0.25, 0.3) is 4.96 Å². The van der Waals surface area contributed by atoms with Crippen LogP contribution in [-0.2, 0) is 13.0 Å². The average Bonchev–Trinajstić information content (AvgIpc) is 3.39. The Morgan fingerprint density at radius 1 is 1.23 bits per heavy atom. The maximum absolute atomic E-state index is 13.1. The monoisotopic (exact) mass is 368 g/mol. The standard InChI is InChI=1S/C20H24N4OS/c1-22(12-9-16-7-3-2-4-8-16)19(25)18-17(15-23-10-5-6-11-23)24-13-14-26-20(24)21-18/h2-4,7-8,13-14H,5-6,9-12,15H2,1H3. The van der Waals surface area contributed by atoms with E-state index in [0.717, 1.165) is 36.7 Å². The van der Waals surface area contributed by atoms with E-state index >= 15 is 0 Å². The van der Waals surface area contributed by atoms with Gasteiger partial charge in [0, 0.05) is 31.7 Å². The molecule has 0 spiro atoms. The first-order valence-electron chi connectivity index (χ1n) is 9.18. The summed E-state index contributed by atoms with van der Waals surface area (Å²) in [6.07, 6.45) is 5.36. The Morgan fingerprint density at radius 3 is 2.77 bits per heavy atom. The van der Waals surface area contributed by atoms with E-state index in [-0.39, 0.29) is 5.91 Å². The molecule has 2 aromatic heterocycles. The van der Waals surface area contributed by atoms with Crippen molar-refractivity contribution in [3.05, 3.63) is 58.9 Å². The number of nitrogens with zero attached hydrogens (tertiary/aromatic N) is 4. The summed E-state index contributed by atoms with van der Waals surface area (Å²) >= 11 is 1.58. The average molecular weight is 369 g/mol. The lowest BCUT2D eigenvalue weighted by Gasteiger charge is -2.19. The summed E-state index contributed by atoms with van der Waals surface area (Å²) in [4.78, 5) is 22.8. The summed E-state index contributed by atoms with van der Waals surface area (Å²) in [6, 6.07) is 10.3. The van der Waals surface area contributed by atoms with Gasteiger partial charge in [0.2, 0.25) is 0 Å². The van der Waals surface area contributed by atoms with Gasteiger partial charge in [-0.1, -0.05) is 30.3 Å². The van der Waals surface area contributed by atoms with Crippen LogP contribution >= 0.6 is 11.3 Å². The zero-order valence-electron chi connectivity index (χ0n) is 15.1. The normalized spacial score (nSPS) is 15.0. The van der Waals surface area contributed by atoms with Crippen LogP contribution in [0.5, 0.6) is 0 Å². The van der Waals surface area contributed by atoms with Crippen molar-refractivity contribution in [2.45, 2.75) is 25.8 Å². The molecule has 0 unspecified atom stereocenters. The topological polar surface area (TPSA) is 40.9 Å². The van der Waals surface area contributed by atoms with E-state index in [2.05, 4.69) is 26.4 Å². The second-order valence-electron chi connectivity index (χ2n) is 6.91. The Kier molecular flexibility index (Phi) is 5.04. The number of hydrogen-bond acceptors (Lipinski definition) is 4. The molecule has 0 N–H and O–H groups in total. The molecule has 1 aromatic carbocycles. The number of rotatable bonds is 6. The van der Waals surface area contributed by atoms with Gasteiger partial charge < -0.3 is 4.90 Å². The molecule has 1 amide bonds. The number of aromatic nitrogens is 2. The molecule has 1 fully saturated rings. The van der Waals surface area contributed by atoms with Crippen molar-refractivity contribution in [1.82, 2.24) is 19.2 Å². The van der Waals surface area contributed by atoms with E-state index in [4.69, 9.17) is 0 Å². The molecular weight excluding hydrogens is 344 g/mol. The fraction of sp³-hybridized carbons (Fsp3) is 0.400. The minimum Gasteiger partial charge on any atom is -0.340 e. The van der Waals surface area contributed by atoms with E-state index in [0.29, 0.717) is 12.2 Å². The second-order valence-corrected chi connectivity index (χ2v) is 7.78. The van der Waals surface area contributed by atoms with Gasteiger partial charge in [-0.3, -0.25) is 14.1 Å². The summed E-state index contributed by atoms with van der Waals surface area (Å²) < 4.78 is 2.08. The molecule has 0 bridgehead atoms. The first-order valence-corrected chi connectivity index (χ1v) is 10.1. The number of hydrogen-bond donors (Lipinski definition) is 0. The number of carbonyl (C=O) groups excluding carboxylic acids is 1. The quantitative estimate of drug-likeness (QED) is 0.670. The first kappa shape index (κ1) is 17.2. The largest absolute Gasteiger partial charge is 0.340 e. The van der Waals surface area contributed by atoms with Crippen LogP contribution in [0.3, 0.4) is 0 Å². The molecule has 0 atom stereocenters. The van der Waals surface area contributed by atoms with E-state index in [1.54, 1.807) is 16.2 Å². The Morgan fingerprint density at radius 2 is 2.00 bits per heavy atom. The third kappa shape index (κ3) is 3.52. The van der Waals surface area contributed by atoms with Gasteiger partial charge in [0.05, 0.1) is 5.69 Å². The number of amides is 1. The molecule has 1 aliphatic rings. The lowest BCUT2D eigenvalue weighted by Crippen LogP contribution is -2.31. The van der Waals surface area contributed by atoms with E-state index in [9.17, 15) is 4.79 Å². The smallest absolute Gasteiger partial charge is 0.274 e. The molecule has 0 radical (unpaired) electrons. The Labute approximate surface area is 157 Å². The Bertz CT molecular complexity index is 880. The number of likely N-dealkylation sites (N-methyl/N-ethyl adjacent to an activating group) is 1. The number of imidazole rings is 1. The van der Waals surface area contributed by atoms with Gasteiger partial charge in [-0.25, -0.2) is 4.98 Å². The molecular formula is C20H24N4OS. The van der Waals surface area contributed by atoms with E-state index in [1.165, 1.54) is 18.4 Å². The first-order chi connectivity index (χ1) is 12.7. The number of benzene rings is 1. The highest BCUT2D eigenvalue weighted by Crippen LogP contribution is 2.22. The zero-order chi connectivity index (χ0) is 17.9. The fourth-order valence-corrected chi connectivity index (χ4v) is 4.26. The van der Waals surface area contributed by atoms with Crippen molar-refractivity contribution in [1.29, 1.82) is 0 Å². The van der Waals surface area contributed by atoms with Gasteiger partial charge in [0.15, 0.2) is 10.7 Å². The molecule has 3 heterocycles. The molecule has 0 saturated carbocycles. The zero-order valence-corrected chi connectivity index (χ0v) is 15.9. The van der Waals surface area contributed by atoms with Crippen LogP contribution in [0.4, 0.5) is 0 Å². The van der Waals surface area contributed by atoms with Crippen LogP contribution in [0.2, 0.25) is 0 Å². The predicted octanol–water partition coefficient (Wildman–Crippen LogP) is 3.31. The minimum absolute atomic E-state index is 0.0195. The van der Waals surface area contributed by atoms with Crippen molar-refractivity contribution < 1.29 is 4.79 Å². The molecule has 6 heteroatoms. The van der Waals surface area contributed by atoms with Crippen LogP contribution in [-0.4, -0.2) is 51.8 Å². The van der Waals surface area contributed by atoms with E-state index < -0.39 is 0 Å². The molecule has 1 aliphatic heterocycles. The molecule has 1 saturated heterocycles. The summed E-state index contributed by atoms with van der Waals surface area (Å²) in [6.45, 7) is 3.70. The number of thiazole rings is 1. The summed E-state index contributed by atoms with van der Waals surface area (Å²) in [5.41, 5.74) is 2.88. The van der Waals surface area contributed by atoms with Gasteiger partial charge in [0.25, 0.3) is 5.91 Å². The number of fused-ring (bicyclic) bond motifs is 1. The second kappa shape index (κ2) is 7.60. The highest BCUT2D eigenvalue weighted by Gasteiger charge is 2.24. The van der Waals surface area contributed by atoms with Crippen molar-refractivity contribution in [2.75, 3.05) is 26.7 Å². The predicted molar refractivity (Wildman–Crippen MR) is 105 cm³/mol. The maximum Gasteiger partial charge on any atom is 0.274 e. The highest BCUT2D eigenvalue weighted by molar-refractivity contribution is 7.15. The lowest BCUT2D eigenvalue weighted by atomic mass is 10.1. The molecule has 26 heavy (non-hydrogen) atoms. The van der Waals surface area contributed by atoms with Gasteiger partial charge in [-0.05, 0) is 37.9 Å². The lowest BCUT2D eigenvalue weighted by molar-refractivity contribution is 0.0789. The van der Waals surface area contributed by atoms with Crippen molar-refractivity contribution >= 4 is 22.2 Å². The van der Waals surface area contributed by atoms with Crippen LogP contribution in [0, 0.1) is 0 Å². The third-order valence-corrected chi connectivity index (χ3v) is 5.82. The number of carbonyl (C=O) groups is 1. The summed E-state index contributed by atoms with van der Waals surface area (Å²) in [5, 5.41) is 2.03. The Balaban J connectivity index is 1.52.